The number of rotatable bonds is 5. The first kappa shape index (κ1) is 17.5. The van der Waals surface area contributed by atoms with Gasteiger partial charge in [-0.1, -0.05) is 29.8 Å². The molecule has 1 N–H and O–H groups in total. The molecular formula is C19H18N2O5. The first-order valence-electron chi connectivity index (χ1n) is 8.07. The van der Waals surface area contributed by atoms with Crippen LogP contribution in [-0.2, 0) is 19.1 Å². The minimum atomic E-state index is -0.672. The van der Waals surface area contributed by atoms with Gasteiger partial charge in [-0.15, -0.1) is 0 Å². The second-order valence-corrected chi connectivity index (χ2v) is 5.81. The molecular weight excluding hydrogens is 336 g/mol. The zero-order valence-electron chi connectivity index (χ0n) is 14.2. The average molecular weight is 354 g/mol. The lowest BCUT2D eigenvalue weighted by Crippen LogP contribution is -2.42. The summed E-state index contributed by atoms with van der Waals surface area (Å²) < 4.78 is 10.3. The molecule has 7 heteroatoms. The maximum absolute atomic E-state index is 12.0. The number of carbonyl (C=O) groups is 3. The fourth-order valence-electron chi connectivity index (χ4n) is 2.48. The van der Waals surface area contributed by atoms with E-state index in [0.29, 0.717) is 17.1 Å². The van der Waals surface area contributed by atoms with Crippen LogP contribution in [0.1, 0.15) is 5.56 Å². The van der Waals surface area contributed by atoms with Crippen LogP contribution in [0.2, 0.25) is 0 Å². The van der Waals surface area contributed by atoms with Crippen molar-refractivity contribution in [2.24, 2.45) is 0 Å². The summed E-state index contributed by atoms with van der Waals surface area (Å²) in [4.78, 5) is 37.2. The van der Waals surface area contributed by atoms with E-state index in [-0.39, 0.29) is 19.1 Å². The predicted molar refractivity (Wildman–Crippen MR) is 95.1 cm³/mol. The Hall–Kier alpha value is -3.35. The number of nitrogens with one attached hydrogen (secondary N) is 1. The second-order valence-electron chi connectivity index (χ2n) is 5.81. The molecule has 26 heavy (non-hydrogen) atoms. The van der Waals surface area contributed by atoms with Crippen LogP contribution < -0.4 is 15.0 Å². The first-order valence-corrected chi connectivity index (χ1v) is 8.07. The topological polar surface area (TPSA) is 84.9 Å². The quantitative estimate of drug-likeness (QED) is 0.829. The number of hydrogen-bond donors (Lipinski definition) is 1. The Morgan fingerprint density at radius 1 is 1.15 bits per heavy atom. The van der Waals surface area contributed by atoms with Crippen molar-refractivity contribution < 1.29 is 23.9 Å². The summed E-state index contributed by atoms with van der Waals surface area (Å²) in [7, 11) is 0. The number of benzene rings is 2. The Balaban J connectivity index is 1.53. The number of para-hydroxylation sites is 2. The molecule has 0 unspecified atom stereocenters. The first-order chi connectivity index (χ1) is 12.5. The van der Waals surface area contributed by atoms with Gasteiger partial charge in [0.1, 0.15) is 12.3 Å². The highest BCUT2D eigenvalue weighted by Crippen LogP contribution is 2.31. The van der Waals surface area contributed by atoms with Gasteiger partial charge in [0, 0.05) is 5.69 Å². The van der Waals surface area contributed by atoms with Crippen LogP contribution >= 0.6 is 0 Å². The molecule has 0 saturated carbocycles. The molecule has 0 fully saturated rings. The van der Waals surface area contributed by atoms with E-state index < -0.39 is 18.5 Å². The van der Waals surface area contributed by atoms with Crippen LogP contribution in [0, 0.1) is 6.92 Å². The molecule has 0 atom stereocenters. The normalized spacial score (nSPS) is 12.8. The summed E-state index contributed by atoms with van der Waals surface area (Å²) in [5.41, 5.74) is 2.20. The smallest absolute Gasteiger partial charge is 0.326 e. The zero-order valence-corrected chi connectivity index (χ0v) is 14.2. The van der Waals surface area contributed by atoms with Gasteiger partial charge < -0.3 is 14.8 Å². The minimum absolute atomic E-state index is 0.141. The number of carbonyl (C=O) groups excluding carboxylic acids is 3. The molecule has 1 aliphatic rings. The molecule has 0 spiro atoms. The SMILES string of the molecule is Cc1ccc(NC(=O)COC(=O)CN2C(=O)COc3ccccc32)cc1. The maximum Gasteiger partial charge on any atom is 0.326 e. The molecule has 0 saturated heterocycles. The maximum atomic E-state index is 12.0. The molecule has 1 aliphatic heterocycles. The summed E-state index contributed by atoms with van der Waals surface area (Å²) in [6.45, 7) is 1.10. The van der Waals surface area contributed by atoms with E-state index in [2.05, 4.69) is 5.32 Å². The van der Waals surface area contributed by atoms with Crippen LogP contribution in [0.25, 0.3) is 0 Å². The monoisotopic (exact) mass is 354 g/mol. The lowest BCUT2D eigenvalue weighted by molar-refractivity contribution is -0.146. The van der Waals surface area contributed by atoms with Crippen molar-refractivity contribution in [1.29, 1.82) is 0 Å². The molecule has 0 radical (unpaired) electrons. The summed E-state index contributed by atoms with van der Waals surface area (Å²) in [6.07, 6.45) is 0. The van der Waals surface area contributed by atoms with E-state index >= 15 is 0 Å². The van der Waals surface area contributed by atoms with Crippen molar-refractivity contribution >= 4 is 29.2 Å². The third-order valence-corrected chi connectivity index (χ3v) is 3.80. The van der Waals surface area contributed by atoms with Crippen LogP contribution in [0.4, 0.5) is 11.4 Å². The van der Waals surface area contributed by atoms with Gasteiger partial charge in [0.2, 0.25) is 0 Å². The third kappa shape index (κ3) is 4.18. The van der Waals surface area contributed by atoms with E-state index in [9.17, 15) is 14.4 Å². The van der Waals surface area contributed by atoms with Crippen molar-refractivity contribution in [1.82, 2.24) is 0 Å². The van der Waals surface area contributed by atoms with E-state index in [1.54, 1.807) is 36.4 Å². The summed E-state index contributed by atoms with van der Waals surface area (Å²) in [5.74, 6) is -0.938. The fourth-order valence-corrected chi connectivity index (χ4v) is 2.48. The van der Waals surface area contributed by atoms with E-state index in [4.69, 9.17) is 9.47 Å². The number of ether oxygens (including phenoxy) is 2. The van der Waals surface area contributed by atoms with E-state index in [1.807, 2.05) is 19.1 Å². The zero-order chi connectivity index (χ0) is 18.5. The van der Waals surface area contributed by atoms with Crippen LogP contribution in [-0.4, -0.2) is 37.5 Å². The van der Waals surface area contributed by atoms with Crippen LogP contribution in [0.15, 0.2) is 48.5 Å². The highest BCUT2D eigenvalue weighted by molar-refractivity contribution is 6.01. The molecule has 3 rings (SSSR count). The van der Waals surface area contributed by atoms with E-state index in [0.717, 1.165) is 5.56 Å². The molecule has 134 valence electrons. The van der Waals surface area contributed by atoms with Crippen molar-refractivity contribution in [3.05, 3.63) is 54.1 Å². The third-order valence-electron chi connectivity index (χ3n) is 3.80. The largest absolute Gasteiger partial charge is 0.482 e. The van der Waals surface area contributed by atoms with Crippen molar-refractivity contribution in [3.63, 3.8) is 0 Å². The molecule has 1 heterocycles. The highest BCUT2D eigenvalue weighted by atomic mass is 16.5. The number of nitrogens with zero attached hydrogens (tertiary/aromatic N) is 1. The molecule has 7 nitrogen and oxygen atoms in total. The van der Waals surface area contributed by atoms with Gasteiger partial charge in [-0.25, -0.2) is 0 Å². The van der Waals surface area contributed by atoms with Gasteiger partial charge in [0.05, 0.1) is 5.69 Å². The highest BCUT2D eigenvalue weighted by Gasteiger charge is 2.27. The van der Waals surface area contributed by atoms with Crippen LogP contribution in [0.3, 0.4) is 0 Å². The van der Waals surface area contributed by atoms with E-state index in [1.165, 1.54) is 4.90 Å². The standard InChI is InChI=1S/C19H18N2O5/c1-13-6-8-14(9-7-13)20-17(22)11-26-19(24)10-21-15-4-2-3-5-16(15)25-12-18(21)23/h2-9H,10-12H2,1H3,(H,20,22). The lowest BCUT2D eigenvalue weighted by atomic mass is 10.2. The Morgan fingerprint density at radius 2 is 1.88 bits per heavy atom. The number of anilines is 2. The number of esters is 1. The number of amides is 2. The van der Waals surface area contributed by atoms with Crippen molar-refractivity contribution in [2.75, 3.05) is 30.0 Å². The number of hydrogen-bond acceptors (Lipinski definition) is 5. The average Bonchev–Trinajstić information content (AvgIpc) is 2.64. The Morgan fingerprint density at radius 3 is 2.65 bits per heavy atom. The van der Waals surface area contributed by atoms with Crippen LogP contribution in [0.5, 0.6) is 5.75 Å². The molecule has 2 aromatic carbocycles. The Kier molecular flexibility index (Phi) is 5.17. The molecule has 2 aromatic rings. The van der Waals surface area contributed by atoms with Gasteiger partial charge in [-0.3, -0.25) is 19.3 Å². The number of fused-ring (bicyclic) bond motifs is 1. The second kappa shape index (κ2) is 7.69. The van der Waals surface area contributed by atoms with Crippen molar-refractivity contribution in [3.8, 4) is 5.75 Å². The molecule has 0 bridgehead atoms. The van der Waals surface area contributed by atoms with Gasteiger partial charge in [0.15, 0.2) is 13.2 Å². The Bertz CT molecular complexity index is 832. The predicted octanol–water partition coefficient (Wildman–Crippen LogP) is 1.90. The van der Waals surface area contributed by atoms with Gasteiger partial charge in [-0.05, 0) is 31.2 Å². The summed E-state index contributed by atoms with van der Waals surface area (Å²) >= 11 is 0. The minimum Gasteiger partial charge on any atom is -0.482 e. The fraction of sp³-hybridized carbons (Fsp3) is 0.211. The number of aryl methyl sites for hydroxylation is 1. The summed E-state index contributed by atoms with van der Waals surface area (Å²) in [5, 5.41) is 2.64. The summed E-state index contributed by atoms with van der Waals surface area (Å²) in [6, 6.07) is 14.2. The lowest BCUT2D eigenvalue weighted by Gasteiger charge is -2.28. The molecule has 0 aromatic heterocycles. The van der Waals surface area contributed by atoms with Gasteiger partial charge in [-0.2, -0.15) is 0 Å². The van der Waals surface area contributed by atoms with Gasteiger partial charge >= 0.3 is 5.97 Å². The van der Waals surface area contributed by atoms with Gasteiger partial charge in [0.25, 0.3) is 11.8 Å². The Labute approximate surface area is 150 Å². The van der Waals surface area contributed by atoms with Crippen molar-refractivity contribution in [2.45, 2.75) is 6.92 Å². The molecule has 2 amide bonds. The molecule has 0 aliphatic carbocycles.